The number of carbonyl (C=O) groups excluding carboxylic acids is 1. The summed E-state index contributed by atoms with van der Waals surface area (Å²) >= 11 is 0. The van der Waals surface area contributed by atoms with E-state index in [0.717, 1.165) is 0 Å². The van der Waals surface area contributed by atoms with Gasteiger partial charge in [0.25, 0.3) is 0 Å². The predicted octanol–water partition coefficient (Wildman–Crippen LogP) is 1.63. The molecule has 0 amide bonds. The van der Waals surface area contributed by atoms with Crippen LogP contribution in [0.5, 0.6) is 0 Å². The Morgan fingerprint density at radius 2 is 2.07 bits per heavy atom. The molecule has 0 aromatic heterocycles. The topological polar surface area (TPSA) is 44.8 Å². The first-order valence-electron chi connectivity index (χ1n) is 4.33. The van der Waals surface area contributed by atoms with Crippen LogP contribution in [0.3, 0.4) is 0 Å². The number of hydrogen-bond acceptors (Lipinski definition) is 4. The molecule has 0 unspecified atom stereocenters. The first-order valence-corrected chi connectivity index (χ1v) is 4.33. The summed E-state index contributed by atoms with van der Waals surface area (Å²) in [5, 5.41) is 0. The molecule has 0 aliphatic rings. The van der Waals surface area contributed by atoms with Crippen LogP contribution in [-0.2, 0) is 19.0 Å². The molecule has 0 atom stereocenters. The predicted molar refractivity (Wildman–Crippen MR) is 52.5 cm³/mol. The number of carbonyl (C=O) groups is 1. The molecular weight excluding hydrogens is 184 g/mol. The van der Waals surface area contributed by atoms with Gasteiger partial charge in [-0.2, -0.15) is 0 Å². The van der Waals surface area contributed by atoms with Gasteiger partial charge in [-0.25, -0.2) is 4.79 Å². The number of hydrogen-bond donors (Lipinski definition) is 0. The van der Waals surface area contributed by atoms with Gasteiger partial charge in [-0.05, 0) is 20.4 Å². The van der Waals surface area contributed by atoms with Crippen LogP contribution in [0.2, 0.25) is 0 Å². The SMILES string of the molecule is C=COCCOC(=C)C(=O)OC(C)C. The van der Waals surface area contributed by atoms with Crippen molar-refractivity contribution in [2.75, 3.05) is 13.2 Å². The van der Waals surface area contributed by atoms with Crippen molar-refractivity contribution in [2.45, 2.75) is 20.0 Å². The molecule has 0 rings (SSSR count). The molecule has 0 radical (unpaired) electrons. The Bertz CT molecular complexity index is 208. The molecule has 0 spiro atoms. The van der Waals surface area contributed by atoms with Crippen LogP contribution in [0.4, 0.5) is 0 Å². The second-order valence-electron chi connectivity index (χ2n) is 2.76. The zero-order valence-corrected chi connectivity index (χ0v) is 8.62. The smallest absolute Gasteiger partial charge is 0.373 e. The Morgan fingerprint density at radius 1 is 1.43 bits per heavy atom. The number of rotatable bonds is 7. The molecule has 4 nitrogen and oxygen atoms in total. The molecule has 4 heteroatoms. The molecule has 0 aliphatic heterocycles. The quantitative estimate of drug-likeness (QED) is 0.271. The van der Waals surface area contributed by atoms with Gasteiger partial charge in [0.2, 0.25) is 0 Å². The van der Waals surface area contributed by atoms with Crippen molar-refractivity contribution in [3.05, 3.63) is 25.2 Å². The van der Waals surface area contributed by atoms with Gasteiger partial charge in [-0.15, -0.1) is 0 Å². The van der Waals surface area contributed by atoms with Gasteiger partial charge in [0.1, 0.15) is 13.2 Å². The van der Waals surface area contributed by atoms with E-state index < -0.39 is 5.97 Å². The lowest BCUT2D eigenvalue weighted by atomic mass is 10.4. The van der Waals surface area contributed by atoms with Crippen LogP contribution in [0.15, 0.2) is 25.2 Å². The van der Waals surface area contributed by atoms with Gasteiger partial charge in [0.05, 0.1) is 12.4 Å². The third-order valence-corrected chi connectivity index (χ3v) is 1.17. The molecular formula is C10H16O4. The summed E-state index contributed by atoms with van der Waals surface area (Å²) in [6.45, 7) is 10.9. The minimum absolute atomic E-state index is 0.00800. The average molecular weight is 200 g/mol. The molecule has 0 N–H and O–H groups in total. The first-order chi connectivity index (χ1) is 6.57. The zero-order chi connectivity index (χ0) is 11.0. The highest BCUT2D eigenvalue weighted by atomic mass is 16.6. The summed E-state index contributed by atoms with van der Waals surface area (Å²) < 4.78 is 14.6. The fourth-order valence-electron chi connectivity index (χ4n) is 0.635. The lowest BCUT2D eigenvalue weighted by Gasteiger charge is -2.10. The van der Waals surface area contributed by atoms with Crippen LogP contribution in [0.1, 0.15) is 13.8 Å². The first kappa shape index (κ1) is 12.6. The fraction of sp³-hybridized carbons (Fsp3) is 0.500. The van der Waals surface area contributed by atoms with Crippen molar-refractivity contribution in [3.63, 3.8) is 0 Å². The van der Waals surface area contributed by atoms with Gasteiger partial charge in [0.15, 0.2) is 5.76 Å². The van der Waals surface area contributed by atoms with Crippen LogP contribution >= 0.6 is 0 Å². The monoisotopic (exact) mass is 200 g/mol. The summed E-state index contributed by atoms with van der Waals surface area (Å²) in [4.78, 5) is 11.1. The van der Waals surface area contributed by atoms with E-state index >= 15 is 0 Å². The molecule has 0 aliphatic carbocycles. The maximum absolute atomic E-state index is 11.1. The molecule has 0 bridgehead atoms. The van der Waals surface area contributed by atoms with Gasteiger partial charge in [-0.1, -0.05) is 6.58 Å². The normalized spacial score (nSPS) is 9.36. The van der Waals surface area contributed by atoms with Crippen LogP contribution in [-0.4, -0.2) is 25.3 Å². The average Bonchev–Trinajstić information content (AvgIpc) is 2.11. The molecule has 80 valence electrons. The second-order valence-corrected chi connectivity index (χ2v) is 2.76. The third kappa shape index (κ3) is 6.11. The van der Waals surface area contributed by atoms with Gasteiger partial charge in [0, 0.05) is 0 Å². The Labute approximate surface area is 84.1 Å². The van der Waals surface area contributed by atoms with Crippen LogP contribution < -0.4 is 0 Å². The molecule has 0 heterocycles. The van der Waals surface area contributed by atoms with E-state index in [4.69, 9.17) is 14.2 Å². The van der Waals surface area contributed by atoms with E-state index in [9.17, 15) is 4.79 Å². The van der Waals surface area contributed by atoms with Crippen molar-refractivity contribution in [1.29, 1.82) is 0 Å². The largest absolute Gasteiger partial charge is 0.498 e. The summed E-state index contributed by atoms with van der Waals surface area (Å²) in [5.41, 5.74) is 0. The molecule has 0 fully saturated rings. The highest BCUT2D eigenvalue weighted by Crippen LogP contribution is 2.00. The van der Waals surface area contributed by atoms with Gasteiger partial charge < -0.3 is 14.2 Å². The number of esters is 1. The maximum atomic E-state index is 11.1. The highest BCUT2D eigenvalue weighted by Gasteiger charge is 2.11. The van der Waals surface area contributed by atoms with E-state index in [-0.39, 0.29) is 18.5 Å². The van der Waals surface area contributed by atoms with Crippen LogP contribution in [0, 0.1) is 0 Å². The summed E-state index contributed by atoms with van der Waals surface area (Å²) in [6, 6.07) is 0. The summed E-state index contributed by atoms with van der Waals surface area (Å²) in [6.07, 6.45) is 1.13. The van der Waals surface area contributed by atoms with Crippen molar-refractivity contribution >= 4 is 5.97 Å². The van der Waals surface area contributed by atoms with E-state index in [2.05, 4.69) is 13.2 Å². The van der Waals surface area contributed by atoms with Crippen molar-refractivity contribution < 1.29 is 19.0 Å². The Hall–Kier alpha value is -1.45. The Morgan fingerprint density at radius 3 is 2.57 bits per heavy atom. The third-order valence-electron chi connectivity index (χ3n) is 1.17. The van der Waals surface area contributed by atoms with E-state index in [1.807, 2.05) is 0 Å². The summed E-state index contributed by atoms with van der Waals surface area (Å²) in [5.74, 6) is -0.551. The van der Waals surface area contributed by atoms with Crippen molar-refractivity contribution in [2.24, 2.45) is 0 Å². The Balaban J connectivity index is 3.62. The number of ether oxygens (including phenoxy) is 3. The standard InChI is InChI=1S/C10H16O4/c1-5-12-6-7-13-9(4)10(11)14-8(2)3/h5,8H,1,4,6-7H2,2-3H3. The lowest BCUT2D eigenvalue weighted by molar-refractivity contribution is -0.146. The van der Waals surface area contributed by atoms with Crippen molar-refractivity contribution in [3.8, 4) is 0 Å². The molecule has 0 saturated heterocycles. The van der Waals surface area contributed by atoms with E-state index in [1.165, 1.54) is 6.26 Å². The Kier molecular flexibility index (Phi) is 6.28. The molecule has 14 heavy (non-hydrogen) atoms. The maximum Gasteiger partial charge on any atom is 0.373 e. The van der Waals surface area contributed by atoms with Gasteiger partial charge >= 0.3 is 5.97 Å². The van der Waals surface area contributed by atoms with E-state index in [0.29, 0.717) is 6.61 Å². The lowest BCUT2D eigenvalue weighted by Crippen LogP contribution is -2.16. The second kappa shape index (κ2) is 7.00. The van der Waals surface area contributed by atoms with Gasteiger partial charge in [-0.3, -0.25) is 0 Å². The van der Waals surface area contributed by atoms with Crippen molar-refractivity contribution in [1.82, 2.24) is 0 Å². The minimum atomic E-state index is -0.543. The molecule has 0 aromatic carbocycles. The fourth-order valence-corrected chi connectivity index (χ4v) is 0.635. The highest BCUT2D eigenvalue weighted by molar-refractivity contribution is 5.85. The zero-order valence-electron chi connectivity index (χ0n) is 8.62. The minimum Gasteiger partial charge on any atom is -0.498 e. The van der Waals surface area contributed by atoms with E-state index in [1.54, 1.807) is 13.8 Å². The summed E-state index contributed by atoms with van der Waals surface area (Å²) in [7, 11) is 0. The van der Waals surface area contributed by atoms with Crippen LogP contribution in [0.25, 0.3) is 0 Å². The molecule has 0 aromatic rings. The molecule has 0 saturated carbocycles.